The second-order valence-corrected chi connectivity index (χ2v) is 4.48. The maximum atomic E-state index is 11.9. The topological polar surface area (TPSA) is 63.2 Å². The summed E-state index contributed by atoms with van der Waals surface area (Å²) >= 11 is 0. The second-order valence-electron chi connectivity index (χ2n) is 4.48. The van der Waals surface area contributed by atoms with Gasteiger partial charge in [-0.2, -0.15) is 0 Å². The number of pyridine rings is 1. The van der Waals surface area contributed by atoms with Crippen molar-refractivity contribution >= 4 is 17.4 Å². The second kappa shape index (κ2) is 6.56. The molecule has 0 fully saturated rings. The molecule has 1 aromatic heterocycles. The summed E-state index contributed by atoms with van der Waals surface area (Å²) in [7, 11) is 0. The highest BCUT2D eigenvalue weighted by atomic mass is 16.5. The zero-order chi connectivity index (χ0) is 14.4. The molecule has 2 amide bonds. The minimum Gasteiger partial charge on any atom is -0.489 e. The number of carbonyl (C=O) groups excluding carboxylic acids is 1. The molecule has 0 bridgehead atoms. The highest BCUT2D eigenvalue weighted by Crippen LogP contribution is 2.24. The number of para-hydroxylation sites is 2. The Hall–Kier alpha value is -2.56. The Labute approximate surface area is 118 Å². The van der Waals surface area contributed by atoms with Crippen molar-refractivity contribution in [3.05, 3.63) is 48.8 Å². The highest BCUT2D eigenvalue weighted by molar-refractivity contribution is 6.00. The molecule has 2 N–H and O–H groups in total. The Morgan fingerprint density at radius 1 is 1.15 bits per heavy atom. The van der Waals surface area contributed by atoms with E-state index in [1.165, 1.54) is 0 Å². The minimum absolute atomic E-state index is 0.0411. The molecule has 0 aliphatic rings. The van der Waals surface area contributed by atoms with Gasteiger partial charge in [0.1, 0.15) is 5.75 Å². The number of nitrogens with zero attached hydrogens (tertiary/aromatic N) is 1. The number of benzene rings is 1. The molecule has 1 heterocycles. The fraction of sp³-hybridized carbons (Fsp3) is 0.200. The summed E-state index contributed by atoms with van der Waals surface area (Å²) in [5.41, 5.74) is 1.26. The molecule has 104 valence electrons. The van der Waals surface area contributed by atoms with E-state index in [1.807, 2.05) is 32.0 Å². The molecule has 0 saturated carbocycles. The Morgan fingerprint density at radius 3 is 2.65 bits per heavy atom. The molecule has 0 radical (unpaired) electrons. The van der Waals surface area contributed by atoms with Crippen LogP contribution in [0.25, 0.3) is 0 Å². The molecular weight excluding hydrogens is 254 g/mol. The summed E-state index contributed by atoms with van der Waals surface area (Å²) < 4.78 is 5.64. The highest BCUT2D eigenvalue weighted by Gasteiger charge is 2.08. The third-order valence-electron chi connectivity index (χ3n) is 2.42. The Morgan fingerprint density at radius 2 is 1.95 bits per heavy atom. The lowest BCUT2D eigenvalue weighted by Gasteiger charge is -2.15. The van der Waals surface area contributed by atoms with Crippen LogP contribution < -0.4 is 15.4 Å². The molecule has 0 saturated heterocycles. The van der Waals surface area contributed by atoms with Crippen LogP contribution in [0.5, 0.6) is 5.75 Å². The minimum atomic E-state index is -0.335. The molecule has 0 aliphatic carbocycles. The number of amides is 2. The predicted molar refractivity (Wildman–Crippen MR) is 79.1 cm³/mol. The standard InChI is InChI=1S/C15H17N3O2/c1-11(2)20-14-8-4-3-7-13(14)18-15(19)17-12-6-5-9-16-10-12/h3-11H,1-2H3,(H2,17,18,19). The van der Waals surface area contributed by atoms with E-state index in [4.69, 9.17) is 4.74 Å². The van der Waals surface area contributed by atoms with E-state index < -0.39 is 0 Å². The van der Waals surface area contributed by atoms with Crippen LogP contribution in [-0.2, 0) is 0 Å². The lowest BCUT2D eigenvalue weighted by Crippen LogP contribution is -2.20. The van der Waals surface area contributed by atoms with E-state index in [-0.39, 0.29) is 12.1 Å². The van der Waals surface area contributed by atoms with Crippen LogP contribution in [0.15, 0.2) is 48.8 Å². The maximum Gasteiger partial charge on any atom is 0.323 e. The van der Waals surface area contributed by atoms with Crippen LogP contribution >= 0.6 is 0 Å². The summed E-state index contributed by atoms with van der Waals surface area (Å²) in [4.78, 5) is 15.8. The molecule has 2 aromatic rings. The molecule has 20 heavy (non-hydrogen) atoms. The third-order valence-corrected chi connectivity index (χ3v) is 2.42. The van der Waals surface area contributed by atoms with Crippen LogP contribution in [0, 0.1) is 0 Å². The van der Waals surface area contributed by atoms with Crippen LogP contribution in [0.1, 0.15) is 13.8 Å². The summed E-state index contributed by atoms with van der Waals surface area (Å²) in [6.07, 6.45) is 3.27. The first-order chi connectivity index (χ1) is 9.65. The van der Waals surface area contributed by atoms with Crippen molar-refractivity contribution in [1.29, 1.82) is 0 Å². The number of hydrogen-bond acceptors (Lipinski definition) is 3. The summed E-state index contributed by atoms with van der Waals surface area (Å²) in [6.45, 7) is 3.87. The Bertz CT molecular complexity index is 570. The molecule has 0 unspecified atom stereocenters. The number of ether oxygens (including phenoxy) is 1. The molecular formula is C15H17N3O2. The van der Waals surface area contributed by atoms with E-state index in [9.17, 15) is 4.79 Å². The van der Waals surface area contributed by atoms with Crippen molar-refractivity contribution in [1.82, 2.24) is 4.98 Å². The quantitative estimate of drug-likeness (QED) is 0.894. The van der Waals surface area contributed by atoms with E-state index in [2.05, 4.69) is 15.6 Å². The van der Waals surface area contributed by atoms with E-state index in [0.717, 1.165) is 0 Å². The lowest BCUT2D eigenvalue weighted by atomic mass is 10.3. The first kappa shape index (κ1) is 13.9. The van der Waals surface area contributed by atoms with Gasteiger partial charge in [-0.05, 0) is 38.1 Å². The molecule has 2 rings (SSSR count). The van der Waals surface area contributed by atoms with Crippen LogP contribution in [0.4, 0.5) is 16.2 Å². The Kier molecular flexibility index (Phi) is 4.55. The van der Waals surface area contributed by atoms with Crippen molar-refractivity contribution in [2.75, 3.05) is 10.6 Å². The molecule has 0 spiro atoms. The van der Waals surface area contributed by atoms with E-state index in [0.29, 0.717) is 17.1 Å². The molecule has 5 heteroatoms. The number of nitrogens with one attached hydrogen (secondary N) is 2. The van der Waals surface area contributed by atoms with Gasteiger partial charge in [0.2, 0.25) is 0 Å². The lowest BCUT2D eigenvalue weighted by molar-refractivity contribution is 0.243. The fourth-order valence-electron chi connectivity index (χ4n) is 1.65. The first-order valence-corrected chi connectivity index (χ1v) is 6.39. The third kappa shape index (κ3) is 3.98. The van der Waals surface area contributed by atoms with Crippen molar-refractivity contribution < 1.29 is 9.53 Å². The average Bonchev–Trinajstić information content (AvgIpc) is 2.41. The van der Waals surface area contributed by atoms with Crippen molar-refractivity contribution in [2.24, 2.45) is 0 Å². The summed E-state index contributed by atoms with van der Waals surface area (Å²) in [5, 5.41) is 5.46. The Balaban J connectivity index is 2.04. The van der Waals surface area contributed by atoms with Crippen molar-refractivity contribution in [3.8, 4) is 5.75 Å². The number of urea groups is 1. The van der Waals surface area contributed by atoms with Crippen molar-refractivity contribution in [2.45, 2.75) is 20.0 Å². The smallest absolute Gasteiger partial charge is 0.323 e. The maximum absolute atomic E-state index is 11.9. The number of hydrogen-bond donors (Lipinski definition) is 2. The normalized spacial score (nSPS) is 10.2. The van der Waals surface area contributed by atoms with Gasteiger partial charge in [-0.1, -0.05) is 12.1 Å². The molecule has 5 nitrogen and oxygen atoms in total. The zero-order valence-electron chi connectivity index (χ0n) is 11.5. The predicted octanol–water partition coefficient (Wildman–Crippen LogP) is 3.51. The molecule has 0 aliphatic heterocycles. The van der Waals surface area contributed by atoms with E-state index in [1.54, 1.807) is 30.6 Å². The van der Waals surface area contributed by atoms with Gasteiger partial charge in [0.05, 0.1) is 23.7 Å². The van der Waals surface area contributed by atoms with Crippen LogP contribution in [-0.4, -0.2) is 17.1 Å². The molecule has 0 atom stereocenters. The van der Waals surface area contributed by atoms with Crippen LogP contribution in [0.2, 0.25) is 0 Å². The number of aromatic nitrogens is 1. The largest absolute Gasteiger partial charge is 0.489 e. The molecule has 1 aromatic carbocycles. The fourth-order valence-corrected chi connectivity index (χ4v) is 1.65. The number of anilines is 2. The monoisotopic (exact) mass is 271 g/mol. The summed E-state index contributed by atoms with van der Waals surface area (Å²) in [5.74, 6) is 0.642. The van der Waals surface area contributed by atoms with Gasteiger partial charge in [0.15, 0.2) is 0 Å². The van der Waals surface area contributed by atoms with E-state index >= 15 is 0 Å². The van der Waals surface area contributed by atoms with Gasteiger partial charge in [0.25, 0.3) is 0 Å². The van der Waals surface area contributed by atoms with Gasteiger partial charge < -0.3 is 15.4 Å². The van der Waals surface area contributed by atoms with Gasteiger partial charge in [0, 0.05) is 6.20 Å². The number of carbonyl (C=O) groups is 1. The van der Waals surface area contributed by atoms with Gasteiger partial charge in [-0.3, -0.25) is 4.98 Å². The SMILES string of the molecule is CC(C)Oc1ccccc1NC(=O)Nc1cccnc1. The first-order valence-electron chi connectivity index (χ1n) is 6.39. The number of rotatable bonds is 4. The van der Waals surface area contributed by atoms with Gasteiger partial charge >= 0.3 is 6.03 Å². The van der Waals surface area contributed by atoms with Crippen molar-refractivity contribution in [3.63, 3.8) is 0 Å². The average molecular weight is 271 g/mol. The van der Waals surface area contributed by atoms with Gasteiger partial charge in [-0.15, -0.1) is 0 Å². The van der Waals surface area contributed by atoms with Crippen LogP contribution in [0.3, 0.4) is 0 Å². The van der Waals surface area contributed by atoms with Gasteiger partial charge in [-0.25, -0.2) is 4.79 Å². The summed E-state index contributed by atoms with van der Waals surface area (Å²) in [6, 6.07) is 10.5. The zero-order valence-corrected chi connectivity index (χ0v) is 11.5.